The lowest BCUT2D eigenvalue weighted by Gasteiger charge is -2.52. The maximum Gasteiger partial charge on any atom is 0.127 e. The molecule has 3 aromatic rings. The fourth-order valence-electron chi connectivity index (χ4n) is 5.54. The van der Waals surface area contributed by atoms with Gasteiger partial charge in [-0.1, -0.05) is 68.3 Å². The van der Waals surface area contributed by atoms with Crippen molar-refractivity contribution in [2.24, 2.45) is 10.9 Å². The summed E-state index contributed by atoms with van der Waals surface area (Å²) >= 11 is 7.23. The summed E-state index contributed by atoms with van der Waals surface area (Å²) in [4.78, 5) is 7.95. The van der Waals surface area contributed by atoms with E-state index in [0.29, 0.717) is 12.0 Å². The molecule has 2 bridgehead atoms. The molecule has 170 valence electrons. The van der Waals surface area contributed by atoms with Gasteiger partial charge in [0, 0.05) is 32.7 Å². The minimum Gasteiger partial charge on any atom is -0.496 e. The second kappa shape index (κ2) is 10.1. The van der Waals surface area contributed by atoms with Crippen molar-refractivity contribution in [1.82, 2.24) is 4.90 Å². The summed E-state index contributed by atoms with van der Waals surface area (Å²) in [5.74, 6) is 1.74. The van der Waals surface area contributed by atoms with Crippen LogP contribution < -0.4 is 4.74 Å². The number of fused-ring (bicyclic) bond motifs is 3. The molecule has 3 aliphatic rings. The molecule has 3 aliphatic heterocycles. The molecule has 0 aromatic heterocycles. The van der Waals surface area contributed by atoms with Gasteiger partial charge in [0.2, 0.25) is 0 Å². The quantitative estimate of drug-likeness (QED) is 0.302. The number of aliphatic imine (C=N–C) groups is 1. The Morgan fingerprint density at radius 1 is 0.879 bits per heavy atom. The summed E-state index contributed by atoms with van der Waals surface area (Å²) < 4.78 is 7.79. The van der Waals surface area contributed by atoms with Gasteiger partial charge in [-0.3, -0.25) is 9.89 Å². The van der Waals surface area contributed by atoms with Crippen LogP contribution in [0.3, 0.4) is 0 Å². The normalized spacial score (nSPS) is 24.5. The number of benzene rings is 3. The number of hydrogen-bond acceptors (Lipinski definition) is 3. The van der Waals surface area contributed by atoms with Crippen molar-refractivity contribution in [3.05, 3.63) is 98.4 Å². The molecule has 33 heavy (non-hydrogen) atoms. The summed E-state index contributed by atoms with van der Waals surface area (Å²) in [5.41, 5.74) is 3.73. The van der Waals surface area contributed by atoms with E-state index in [1.807, 2.05) is 24.4 Å². The Morgan fingerprint density at radius 3 is 2.03 bits per heavy atom. The standard InChI is InChI=1S/C28H28Br2N2O/c1-33-25-5-3-2-4-22(25)18-31-27-21-14-16-32(17-15-21)28(27)26(19-6-10-23(29)11-7-19)20-8-12-24(30)13-9-20/h2-13,18,21,26-28H,14-17H2,1H3/b31-18+. The predicted octanol–water partition coefficient (Wildman–Crippen LogP) is 6.93. The van der Waals surface area contributed by atoms with E-state index in [4.69, 9.17) is 9.73 Å². The first-order valence-corrected chi connectivity index (χ1v) is 13.1. The fraction of sp³-hybridized carbons (Fsp3) is 0.321. The Hall–Kier alpha value is -1.95. The van der Waals surface area contributed by atoms with Crippen LogP contribution in [0.5, 0.6) is 5.75 Å². The summed E-state index contributed by atoms with van der Waals surface area (Å²) in [6, 6.07) is 26.4. The van der Waals surface area contributed by atoms with Gasteiger partial charge in [0.25, 0.3) is 0 Å². The molecule has 0 aliphatic carbocycles. The van der Waals surface area contributed by atoms with E-state index in [-0.39, 0.29) is 12.0 Å². The van der Waals surface area contributed by atoms with Crippen molar-refractivity contribution in [1.29, 1.82) is 0 Å². The molecule has 0 amide bonds. The Labute approximate surface area is 213 Å². The molecule has 0 N–H and O–H groups in total. The lowest BCUT2D eigenvalue weighted by atomic mass is 9.71. The van der Waals surface area contributed by atoms with Gasteiger partial charge >= 0.3 is 0 Å². The van der Waals surface area contributed by atoms with Crippen molar-refractivity contribution in [2.75, 3.05) is 20.2 Å². The Morgan fingerprint density at radius 2 is 1.45 bits per heavy atom. The third kappa shape index (κ3) is 4.82. The van der Waals surface area contributed by atoms with Gasteiger partial charge in [0.15, 0.2) is 0 Å². The van der Waals surface area contributed by atoms with Gasteiger partial charge in [-0.25, -0.2) is 0 Å². The van der Waals surface area contributed by atoms with E-state index < -0.39 is 0 Å². The molecule has 3 heterocycles. The number of nitrogens with zero attached hydrogens (tertiary/aromatic N) is 2. The maximum atomic E-state index is 5.57. The zero-order valence-corrected chi connectivity index (χ0v) is 21.9. The lowest BCUT2D eigenvalue weighted by molar-refractivity contribution is 0.0215. The maximum absolute atomic E-state index is 5.57. The highest BCUT2D eigenvalue weighted by molar-refractivity contribution is 9.10. The predicted molar refractivity (Wildman–Crippen MR) is 143 cm³/mol. The van der Waals surface area contributed by atoms with Gasteiger partial charge in [-0.05, 0) is 79.4 Å². The zero-order valence-electron chi connectivity index (χ0n) is 18.7. The largest absolute Gasteiger partial charge is 0.496 e. The molecule has 3 aromatic carbocycles. The van der Waals surface area contributed by atoms with Crippen LogP contribution in [-0.2, 0) is 0 Å². The zero-order chi connectivity index (χ0) is 22.8. The van der Waals surface area contributed by atoms with Crippen LogP contribution in [0.2, 0.25) is 0 Å². The first kappa shape index (κ1) is 22.8. The van der Waals surface area contributed by atoms with Gasteiger partial charge in [-0.2, -0.15) is 0 Å². The van der Waals surface area contributed by atoms with Crippen molar-refractivity contribution in [2.45, 2.75) is 30.8 Å². The SMILES string of the molecule is COc1ccccc1/C=N/C1C2CCN(CC2)C1C(c1ccc(Br)cc1)c1ccc(Br)cc1. The second-order valence-electron chi connectivity index (χ2n) is 8.96. The van der Waals surface area contributed by atoms with Crippen LogP contribution in [0.4, 0.5) is 0 Å². The highest BCUT2D eigenvalue weighted by Crippen LogP contribution is 2.43. The van der Waals surface area contributed by atoms with E-state index in [1.54, 1.807) is 7.11 Å². The highest BCUT2D eigenvalue weighted by Gasteiger charge is 2.46. The fourth-order valence-corrected chi connectivity index (χ4v) is 6.07. The second-order valence-corrected chi connectivity index (χ2v) is 10.8. The van der Waals surface area contributed by atoms with E-state index in [1.165, 1.54) is 24.0 Å². The molecular weight excluding hydrogens is 540 g/mol. The summed E-state index contributed by atoms with van der Waals surface area (Å²) in [5, 5.41) is 0. The molecule has 0 spiro atoms. The Bertz CT molecular complexity index is 1060. The number of halogens is 2. The van der Waals surface area contributed by atoms with E-state index in [9.17, 15) is 0 Å². The monoisotopic (exact) mass is 566 g/mol. The number of hydrogen-bond donors (Lipinski definition) is 0. The highest BCUT2D eigenvalue weighted by atomic mass is 79.9. The molecule has 3 saturated heterocycles. The van der Waals surface area contributed by atoms with Crippen LogP contribution in [0, 0.1) is 5.92 Å². The van der Waals surface area contributed by atoms with Gasteiger partial charge in [0.1, 0.15) is 5.75 Å². The van der Waals surface area contributed by atoms with Crippen LogP contribution in [0.25, 0.3) is 0 Å². The lowest BCUT2D eigenvalue weighted by Crippen LogP contribution is -2.59. The van der Waals surface area contributed by atoms with Crippen LogP contribution >= 0.6 is 31.9 Å². The topological polar surface area (TPSA) is 24.8 Å². The molecule has 3 nitrogen and oxygen atoms in total. The third-order valence-electron chi connectivity index (χ3n) is 7.15. The number of para-hydroxylation sites is 1. The third-order valence-corrected chi connectivity index (χ3v) is 8.21. The summed E-state index contributed by atoms with van der Waals surface area (Å²) in [6.07, 6.45) is 4.48. The molecule has 2 unspecified atom stereocenters. The molecule has 0 radical (unpaired) electrons. The summed E-state index contributed by atoms with van der Waals surface area (Å²) in [6.45, 7) is 2.30. The van der Waals surface area contributed by atoms with E-state index >= 15 is 0 Å². The molecule has 6 rings (SSSR count). The van der Waals surface area contributed by atoms with Crippen molar-refractivity contribution in [3.8, 4) is 5.75 Å². The molecule has 0 saturated carbocycles. The van der Waals surface area contributed by atoms with E-state index in [0.717, 1.165) is 33.3 Å². The van der Waals surface area contributed by atoms with E-state index in [2.05, 4.69) is 91.4 Å². The Kier molecular flexibility index (Phi) is 7.00. The molecule has 5 heteroatoms. The number of methoxy groups -OCH3 is 1. The van der Waals surface area contributed by atoms with Gasteiger partial charge in [-0.15, -0.1) is 0 Å². The molecular formula is C28H28Br2N2O. The van der Waals surface area contributed by atoms with Crippen LogP contribution in [0.1, 0.15) is 35.4 Å². The van der Waals surface area contributed by atoms with Crippen LogP contribution in [0.15, 0.2) is 86.7 Å². The number of ether oxygens (including phenoxy) is 1. The number of piperidine rings is 3. The van der Waals surface area contributed by atoms with Crippen LogP contribution in [-0.4, -0.2) is 43.4 Å². The van der Waals surface area contributed by atoms with Crippen molar-refractivity contribution in [3.63, 3.8) is 0 Å². The number of rotatable bonds is 6. The summed E-state index contributed by atoms with van der Waals surface area (Å²) in [7, 11) is 1.72. The van der Waals surface area contributed by atoms with Crippen molar-refractivity contribution >= 4 is 38.1 Å². The van der Waals surface area contributed by atoms with Gasteiger partial charge < -0.3 is 4.74 Å². The smallest absolute Gasteiger partial charge is 0.127 e. The molecule has 3 fully saturated rings. The average Bonchev–Trinajstić information content (AvgIpc) is 2.86. The van der Waals surface area contributed by atoms with Crippen molar-refractivity contribution < 1.29 is 4.74 Å². The van der Waals surface area contributed by atoms with Gasteiger partial charge in [0.05, 0.1) is 13.2 Å². The first-order valence-electron chi connectivity index (χ1n) is 11.5. The molecule has 2 atom stereocenters. The minimum atomic E-state index is 0.245. The average molecular weight is 568 g/mol. The minimum absolute atomic E-state index is 0.245. The first-order chi connectivity index (χ1) is 16.1. The Balaban J connectivity index is 1.57.